The van der Waals surface area contributed by atoms with Crippen LogP contribution < -0.4 is 0 Å². The van der Waals surface area contributed by atoms with Crippen molar-refractivity contribution in [2.75, 3.05) is 14.1 Å². The fraction of sp³-hybridized carbons (Fsp3) is 0.875. The zero-order valence-electron chi connectivity index (χ0n) is 7.82. The fourth-order valence-corrected chi connectivity index (χ4v) is 0.861. The van der Waals surface area contributed by atoms with E-state index in [0.29, 0.717) is 0 Å². The van der Waals surface area contributed by atoms with E-state index in [1.165, 1.54) is 4.90 Å². The number of rotatable bonds is 4. The molecule has 0 bridgehead atoms. The summed E-state index contributed by atoms with van der Waals surface area (Å²) in [7, 11) is 3.27. The van der Waals surface area contributed by atoms with Crippen molar-refractivity contribution in [1.29, 1.82) is 0 Å². The highest BCUT2D eigenvalue weighted by Gasteiger charge is 2.13. The van der Waals surface area contributed by atoms with Gasteiger partial charge in [-0.25, -0.2) is 0 Å². The first-order valence-corrected chi connectivity index (χ1v) is 3.99. The lowest BCUT2D eigenvalue weighted by Crippen LogP contribution is -2.27. The predicted molar refractivity (Wildman–Crippen MR) is 45.6 cm³/mol. The van der Waals surface area contributed by atoms with Crippen molar-refractivity contribution < 1.29 is 15.0 Å². The Kier molecular flexibility index (Phi) is 4.85. The molecule has 0 aromatic carbocycles. The Balaban J connectivity index is 3.69. The number of aliphatic hydroxyl groups excluding tert-OH is 2. The summed E-state index contributed by atoms with van der Waals surface area (Å²) in [5.41, 5.74) is 0. The Morgan fingerprint density at radius 3 is 2.25 bits per heavy atom. The molecule has 4 heteroatoms. The van der Waals surface area contributed by atoms with E-state index >= 15 is 0 Å². The second kappa shape index (κ2) is 5.11. The molecule has 4 nitrogen and oxygen atoms in total. The lowest BCUT2D eigenvalue weighted by molar-refractivity contribution is -0.131. The predicted octanol–water partition coefficient (Wildman–Crippen LogP) is -0.404. The molecule has 12 heavy (non-hydrogen) atoms. The summed E-state index contributed by atoms with van der Waals surface area (Å²) in [5, 5.41) is 18.1. The molecule has 2 N–H and O–H groups in total. The van der Waals surface area contributed by atoms with Gasteiger partial charge in [-0.2, -0.15) is 0 Å². The van der Waals surface area contributed by atoms with Crippen molar-refractivity contribution in [2.45, 2.75) is 32.0 Å². The lowest BCUT2D eigenvalue weighted by Gasteiger charge is -2.15. The molecule has 0 aliphatic carbocycles. The highest BCUT2D eigenvalue weighted by atomic mass is 16.3. The molecule has 0 fully saturated rings. The maximum atomic E-state index is 11.0. The van der Waals surface area contributed by atoms with E-state index in [1.807, 2.05) is 0 Å². The van der Waals surface area contributed by atoms with Gasteiger partial charge in [0.2, 0.25) is 5.91 Å². The summed E-state index contributed by atoms with van der Waals surface area (Å²) in [6.07, 6.45) is -0.966. The van der Waals surface area contributed by atoms with Gasteiger partial charge < -0.3 is 15.1 Å². The van der Waals surface area contributed by atoms with Crippen LogP contribution in [0, 0.1) is 0 Å². The quantitative estimate of drug-likeness (QED) is 0.611. The van der Waals surface area contributed by atoms with E-state index in [4.69, 9.17) is 5.11 Å². The number of carbonyl (C=O) groups excluding carboxylic acids is 1. The van der Waals surface area contributed by atoms with Crippen molar-refractivity contribution in [3.8, 4) is 0 Å². The molecule has 1 amide bonds. The molecule has 2 atom stereocenters. The first-order valence-electron chi connectivity index (χ1n) is 3.99. The van der Waals surface area contributed by atoms with Crippen molar-refractivity contribution in [3.63, 3.8) is 0 Å². The maximum Gasteiger partial charge on any atom is 0.224 e. The van der Waals surface area contributed by atoms with Crippen LogP contribution in [0.25, 0.3) is 0 Å². The van der Waals surface area contributed by atoms with Crippen molar-refractivity contribution in [3.05, 3.63) is 0 Å². The topological polar surface area (TPSA) is 60.8 Å². The Hall–Kier alpha value is -0.610. The number of carbonyl (C=O) groups is 1. The smallest absolute Gasteiger partial charge is 0.224 e. The van der Waals surface area contributed by atoms with Gasteiger partial charge in [0.05, 0.1) is 18.6 Å². The van der Waals surface area contributed by atoms with E-state index in [9.17, 15) is 9.90 Å². The SMILES string of the molecule is C[C@@H](O)C[C@@H](O)CC(=O)N(C)C. The lowest BCUT2D eigenvalue weighted by atomic mass is 10.1. The Morgan fingerprint density at radius 2 is 1.92 bits per heavy atom. The summed E-state index contributed by atoms with van der Waals surface area (Å²) in [6, 6.07) is 0. The first kappa shape index (κ1) is 11.4. The van der Waals surface area contributed by atoms with Gasteiger partial charge in [-0.15, -0.1) is 0 Å². The summed E-state index contributed by atoms with van der Waals surface area (Å²) in [5.74, 6) is -0.122. The van der Waals surface area contributed by atoms with Gasteiger partial charge in [-0.3, -0.25) is 4.79 Å². The van der Waals surface area contributed by atoms with E-state index in [2.05, 4.69) is 0 Å². The van der Waals surface area contributed by atoms with Crippen LogP contribution in [0.5, 0.6) is 0 Å². The molecule has 0 unspecified atom stereocenters. The monoisotopic (exact) mass is 175 g/mol. The molecule has 0 heterocycles. The van der Waals surface area contributed by atoms with Gasteiger partial charge >= 0.3 is 0 Å². The number of amides is 1. The number of nitrogens with zero attached hydrogens (tertiary/aromatic N) is 1. The van der Waals surface area contributed by atoms with Gasteiger partial charge in [0.1, 0.15) is 0 Å². The van der Waals surface area contributed by atoms with E-state index in [0.717, 1.165) is 0 Å². The van der Waals surface area contributed by atoms with Crippen LogP contribution in [-0.2, 0) is 4.79 Å². The average molecular weight is 175 g/mol. The second-order valence-electron chi connectivity index (χ2n) is 3.23. The summed E-state index contributed by atoms with van der Waals surface area (Å²) >= 11 is 0. The van der Waals surface area contributed by atoms with Gasteiger partial charge in [-0.05, 0) is 13.3 Å². The minimum absolute atomic E-state index is 0.0812. The molecular formula is C8H17NO3. The highest BCUT2D eigenvalue weighted by molar-refractivity contribution is 5.75. The summed E-state index contributed by atoms with van der Waals surface area (Å²) in [6.45, 7) is 1.59. The van der Waals surface area contributed by atoms with Gasteiger partial charge in [0, 0.05) is 14.1 Å². The van der Waals surface area contributed by atoms with Crippen LogP contribution in [0.2, 0.25) is 0 Å². The van der Waals surface area contributed by atoms with E-state index < -0.39 is 12.2 Å². The summed E-state index contributed by atoms with van der Waals surface area (Å²) in [4.78, 5) is 12.4. The minimum atomic E-state index is -0.736. The van der Waals surface area contributed by atoms with Crippen molar-refractivity contribution in [2.24, 2.45) is 0 Å². The van der Waals surface area contributed by atoms with Crippen LogP contribution in [0.15, 0.2) is 0 Å². The first-order chi connectivity index (χ1) is 5.43. The zero-order chi connectivity index (χ0) is 9.72. The maximum absolute atomic E-state index is 11.0. The van der Waals surface area contributed by atoms with Crippen LogP contribution >= 0.6 is 0 Å². The van der Waals surface area contributed by atoms with E-state index in [-0.39, 0.29) is 18.7 Å². The third-order valence-electron chi connectivity index (χ3n) is 1.52. The van der Waals surface area contributed by atoms with Gasteiger partial charge in [0.25, 0.3) is 0 Å². The number of hydrogen-bond acceptors (Lipinski definition) is 3. The second-order valence-corrected chi connectivity index (χ2v) is 3.23. The number of aliphatic hydroxyl groups is 2. The van der Waals surface area contributed by atoms with Crippen LogP contribution in [0.4, 0.5) is 0 Å². The van der Waals surface area contributed by atoms with E-state index in [1.54, 1.807) is 21.0 Å². The molecule has 0 aromatic rings. The Labute approximate surface area is 72.8 Å². The van der Waals surface area contributed by atoms with Gasteiger partial charge in [-0.1, -0.05) is 0 Å². The minimum Gasteiger partial charge on any atom is -0.393 e. The van der Waals surface area contributed by atoms with Crippen LogP contribution in [0.3, 0.4) is 0 Å². The molecule has 0 saturated carbocycles. The molecular weight excluding hydrogens is 158 g/mol. The molecule has 0 aliphatic rings. The van der Waals surface area contributed by atoms with Crippen molar-refractivity contribution in [1.82, 2.24) is 4.90 Å². The molecule has 0 aromatic heterocycles. The Bertz CT molecular complexity index is 145. The fourth-order valence-electron chi connectivity index (χ4n) is 0.861. The third-order valence-corrected chi connectivity index (χ3v) is 1.52. The molecule has 0 saturated heterocycles. The van der Waals surface area contributed by atoms with Crippen molar-refractivity contribution >= 4 is 5.91 Å². The number of hydrogen-bond donors (Lipinski definition) is 2. The Morgan fingerprint density at radius 1 is 1.42 bits per heavy atom. The molecule has 72 valence electrons. The molecule has 0 rings (SSSR count). The van der Waals surface area contributed by atoms with Gasteiger partial charge in [0.15, 0.2) is 0 Å². The van der Waals surface area contributed by atoms with Crippen LogP contribution in [0.1, 0.15) is 19.8 Å². The third kappa shape index (κ3) is 5.09. The standard InChI is InChI=1S/C8H17NO3/c1-6(10)4-7(11)5-8(12)9(2)3/h6-7,10-11H,4-5H2,1-3H3/t6-,7-/m1/s1. The molecule has 0 spiro atoms. The normalized spacial score (nSPS) is 15.4. The molecule has 0 aliphatic heterocycles. The average Bonchev–Trinajstić information content (AvgIpc) is 1.84. The highest BCUT2D eigenvalue weighted by Crippen LogP contribution is 2.03. The zero-order valence-corrected chi connectivity index (χ0v) is 7.82. The summed E-state index contributed by atoms with van der Waals surface area (Å²) < 4.78 is 0. The largest absolute Gasteiger partial charge is 0.393 e. The molecule has 0 radical (unpaired) electrons. The van der Waals surface area contributed by atoms with Crippen LogP contribution in [-0.4, -0.2) is 47.3 Å².